The van der Waals surface area contributed by atoms with E-state index in [1.807, 2.05) is 0 Å². The molecule has 4 nitrogen and oxygen atoms in total. The molecule has 0 aliphatic heterocycles. The molecule has 0 saturated carbocycles. The highest BCUT2D eigenvalue weighted by molar-refractivity contribution is 5.86. The molecule has 0 aromatic heterocycles. The van der Waals surface area contributed by atoms with Crippen molar-refractivity contribution in [1.29, 1.82) is 5.26 Å². The number of nitrogens with zero attached hydrogens (tertiary/aromatic N) is 1. The highest BCUT2D eigenvalue weighted by atomic mass is 19.1. The van der Waals surface area contributed by atoms with Gasteiger partial charge < -0.3 is 4.74 Å². The maximum absolute atomic E-state index is 12.8. The lowest BCUT2D eigenvalue weighted by molar-refractivity contribution is 0.0636. The number of nitrogens with one attached hydrogen (secondary N) is 1. The van der Waals surface area contributed by atoms with Crippen LogP contribution >= 0.6 is 0 Å². The SMILES string of the molecule is CC(C)(C)OC(=O)Nc1ccc(F)cc1C#N. The summed E-state index contributed by atoms with van der Waals surface area (Å²) in [6.07, 6.45) is -0.680. The molecule has 0 radical (unpaired) electrons. The molecule has 0 saturated heterocycles. The first-order valence-corrected chi connectivity index (χ1v) is 5.01. The van der Waals surface area contributed by atoms with Gasteiger partial charge in [0.25, 0.3) is 0 Å². The van der Waals surface area contributed by atoms with Crippen molar-refractivity contribution >= 4 is 11.8 Å². The van der Waals surface area contributed by atoms with Crippen LogP contribution in [0.15, 0.2) is 18.2 Å². The summed E-state index contributed by atoms with van der Waals surface area (Å²) in [4.78, 5) is 11.4. The summed E-state index contributed by atoms with van der Waals surface area (Å²) in [5, 5.41) is 11.2. The molecule has 0 aliphatic carbocycles. The van der Waals surface area contributed by atoms with Crippen LogP contribution in [0.3, 0.4) is 0 Å². The summed E-state index contributed by atoms with van der Waals surface area (Å²) in [6, 6.07) is 5.32. The van der Waals surface area contributed by atoms with E-state index < -0.39 is 17.5 Å². The van der Waals surface area contributed by atoms with Gasteiger partial charge in [-0.05, 0) is 39.0 Å². The zero-order valence-electron chi connectivity index (χ0n) is 9.87. The minimum absolute atomic E-state index is 0.0517. The molecule has 1 rings (SSSR count). The molecule has 0 spiro atoms. The largest absolute Gasteiger partial charge is 0.444 e. The summed E-state index contributed by atoms with van der Waals surface area (Å²) in [5.74, 6) is -0.531. The Kier molecular flexibility index (Phi) is 3.69. The lowest BCUT2D eigenvalue weighted by atomic mass is 10.2. The fourth-order valence-corrected chi connectivity index (χ4v) is 1.13. The van der Waals surface area contributed by atoms with Crippen molar-refractivity contribution in [3.05, 3.63) is 29.6 Å². The fourth-order valence-electron chi connectivity index (χ4n) is 1.13. The zero-order valence-corrected chi connectivity index (χ0v) is 9.87. The van der Waals surface area contributed by atoms with Crippen LogP contribution in [0.4, 0.5) is 14.9 Å². The Labute approximate surface area is 99.0 Å². The van der Waals surface area contributed by atoms with Gasteiger partial charge in [-0.15, -0.1) is 0 Å². The summed E-state index contributed by atoms with van der Waals surface area (Å²) < 4.78 is 17.9. The van der Waals surface area contributed by atoms with Crippen LogP contribution in [0.5, 0.6) is 0 Å². The van der Waals surface area contributed by atoms with Crippen LogP contribution in [-0.4, -0.2) is 11.7 Å². The first kappa shape index (κ1) is 13.0. The highest BCUT2D eigenvalue weighted by Gasteiger charge is 2.17. The summed E-state index contributed by atoms with van der Waals surface area (Å²) in [7, 11) is 0. The predicted molar refractivity (Wildman–Crippen MR) is 61.0 cm³/mol. The van der Waals surface area contributed by atoms with Crippen LogP contribution in [0.25, 0.3) is 0 Å². The molecule has 0 fully saturated rings. The van der Waals surface area contributed by atoms with E-state index in [9.17, 15) is 9.18 Å². The second-order valence-electron chi connectivity index (χ2n) is 4.43. The quantitative estimate of drug-likeness (QED) is 0.815. The highest BCUT2D eigenvalue weighted by Crippen LogP contribution is 2.17. The van der Waals surface area contributed by atoms with E-state index in [0.717, 1.165) is 12.1 Å². The van der Waals surface area contributed by atoms with Crippen molar-refractivity contribution in [2.45, 2.75) is 26.4 Å². The molecule has 5 heteroatoms. The number of carbonyl (C=O) groups is 1. The maximum atomic E-state index is 12.8. The summed E-state index contributed by atoms with van der Waals surface area (Å²) >= 11 is 0. The third-order valence-electron chi connectivity index (χ3n) is 1.74. The Morgan fingerprint density at radius 3 is 2.65 bits per heavy atom. The molecule has 0 bridgehead atoms. The summed E-state index contributed by atoms with van der Waals surface area (Å²) in [6.45, 7) is 5.17. The Morgan fingerprint density at radius 2 is 2.12 bits per heavy atom. The number of ether oxygens (including phenoxy) is 1. The monoisotopic (exact) mass is 236 g/mol. The van der Waals surface area contributed by atoms with Crippen molar-refractivity contribution in [1.82, 2.24) is 0 Å². The van der Waals surface area contributed by atoms with Crippen LogP contribution in [0.1, 0.15) is 26.3 Å². The molecule has 90 valence electrons. The van der Waals surface area contributed by atoms with E-state index in [1.54, 1.807) is 26.8 Å². The fraction of sp³-hybridized carbons (Fsp3) is 0.333. The minimum atomic E-state index is -0.680. The lowest BCUT2D eigenvalue weighted by Gasteiger charge is -2.19. The Morgan fingerprint density at radius 1 is 1.47 bits per heavy atom. The molecule has 1 amide bonds. The number of hydrogen-bond acceptors (Lipinski definition) is 3. The molecule has 0 unspecified atom stereocenters. The van der Waals surface area contributed by atoms with Crippen molar-refractivity contribution in [2.24, 2.45) is 0 Å². The Hall–Kier alpha value is -2.09. The van der Waals surface area contributed by atoms with E-state index in [1.165, 1.54) is 6.07 Å². The number of nitriles is 1. The van der Waals surface area contributed by atoms with Gasteiger partial charge in [0, 0.05) is 0 Å². The van der Waals surface area contributed by atoms with Gasteiger partial charge >= 0.3 is 6.09 Å². The molecule has 1 aromatic rings. The van der Waals surface area contributed by atoms with E-state index in [0.29, 0.717) is 0 Å². The number of halogens is 1. The number of benzene rings is 1. The average Bonchev–Trinajstić information content (AvgIpc) is 2.17. The predicted octanol–water partition coefficient (Wildman–Crippen LogP) is 3.04. The molecule has 1 N–H and O–H groups in total. The van der Waals surface area contributed by atoms with Gasteiger partial charge in [0.2, 0.25) is 0 Å². The third-order valence-corrected chi connectivity index (χ3v) is 1.74. The van der Waals surface area contributed by atoms with Gasteiger partial charge in [-0.25, -0.2) is 9.18 Å². The van der Waals surface area contributed by atoms with Gasteiger partial charge in [-0.2, -0.15) is 5.26 Å². The minimum Gasteiger partial charge on any atom is -0.444 e. The lowest BCUT2D eigenvalue weighted by Crippen LogP contribution is -2.27. The smallest absolute Gasteiger partial charge is 0.412 e. The van der Waals surface area contributed by atoms with Gasteiger partial charge in [-0.1, -0.05) is 0 Å². The molecular weight excluding hydrogens is 223 g/mol. The maximum Gasteiger partial charge on any atom is 0.412 e. The van der Waals surface area contributed by atoms with E-state index in [2.05, 4.69) is 5.32 Å². The van der Waals surface area contributed by atoms with Crippen LogP contribution in [0, 0.1) is 17.1 Å². The van der Waals surface area contributed by atoms with E-state index in [4.69, 9.17) is 10.00 Å². The molecule has 1 aromatic carbocycles. The van der Waals surface area contributed by atoms with E-state index >= 15 is 0 Å². The second kappa shape index (κ2) is 4.83. The molecule has 0 atom stereocenters. The number of anilines is 1. The van der Waals surface area contributed by atoms with Crippen molar-refractivity contribution < 1.29 is 13.9 Å². The van der Waals surface area contributed by atoms with Gasteiger partial charge in [0.15, 0.2) is 0 Å². The Bertz CT molecular complexity index is 472. The number of rotatable bonds is 1. The molecular formula is C12H13FN2O2. The van der Waals surface area contributed by atoms with Gasteiger partial charge in [0.05, 0.1) is 11.3 Å². The van der Waals surface area contributed by atoms with Crippen LogP contribution < -0.4 is 5.32 Å². The van der Waals surface area contributed by atoms with Crippen LogP contribution in [-0.2, 0) is 4.74 Å². The van der Waals surface area contributed by atoms with Crippen molar-refractivity contribution in [3.8, 4) is 6.07 Å². The number of hydrogen-bond donors (Lipinski definition) is 1. The topological polar surface area (TPSA) is 62.1 Å². The van der Waals surface area contributed by atoms with Crippen molar-refractivity contribution in [2.75, 3.05) is 5.32 Å². The molecule has 0 heterocycles. The van der Waals surface area contributed by atoms with Crippen LogP contribution in [0.2, 0.25) is 0 Å². The number of carbonyl (C=O) groups excluding carboxylic acids is 1. The molecule has 0 aliphatic rings. The normalized spacial score (nSPS) is 10.5. The van der Waals surface area contributed by atoms with E-state index in [-0.39, 0.29) is 11.3 Å². The molecule has 17 heavy (non-hydrogen) atoms. The number of amides is 1. The van der Waals surface area contributed by atoms with Gasteiger partial charge in [0.1, 0.15) is 17.5 Å². The third kappa shape index (κ3) is 4.11. The first-order chi connectivity index (χ1) is 7.81. The Balaban J connectivity index is 2.83. The average molecular weight is 236 g/mol. The zero-order chi connectivity index (χ0) is 13.1. The summed E-state index contributed by atoms with van der Waals surface area (Å²) in [5.41, 5.74) is -0.351. The first-order valence-electron chi connectivity index (χ1n) is 5.01. The van der Waals surface area contributed by atoms with Gasteiger partial charge in [-0.3, -0.25) is 5.32 Å². The van der Waals surface area contributed by atoms with Crippen molar-refractivity contribution in [3.63, 3.8) is 0 Å². The standard InChI is InChI=1S/C12H13FN2O2/c1-12(2,3)17-11(16)15-10-5-4-9(13)6-8(10)7-14/h4-6H,1-3H3,(H,15,16). The second-order valence-corrected chi connectivity index (χ2v) is 4.43.